The van der Waals surface area contributed by atoms with Crippen LogP contribution in [0, 0.1) is 6.92 Å². The Bertz CT molecular complexity index is 957. The van der Waals surface area contributed by atoms with E-state index in [1.165, 1.54) is 6.07 Å². The van der Waals surface area contributed by atoms with Gasteiger partial charge in [-0.25, -0.2) is 0 Å². The Morgan fingerprint density at radius 2 is 2.18 bits per heavy atom. The Morgan fingerprint density at radius 1 is 1.43 bits per heavy atom. The number of piperidine rings is 1. The summed E-state index contributed by atoms with van der Waals surface area (Å²) in [5, 5.41) is 3.73. The van der Waals surface area contributed by atoms with Gasteiger partial charge < -0.3 is 14.2 Å². The molecule has 2 atom stereocenters. The number of ketones is 1. The molecule has 1 fully saturated rings. The van der Waals surface area contributed by atoms with Crippen LogP contribution >= 0.6 is 22.9 Å². The molecule has 2 unspecified atom stereocenters. The molecule has 2 aromatic rings. The lowest BCUT2D eigenvalue weighted by atomic mass is 9.80. The van der Waals surface area contributed by atoms with Crippen LogP contribution in [0.3, 0.4) is 0 Å². The molecule has 0 aromatic carbocycles. The van der Waals surface area contributed by atoms with Crippen LogP contribution in [-0.4, -0.2) is 41.1 Å². The van der Waals surface area contributed by atoms with Crippen LogP contribution in [-0.2, 0) is 15.1 Å². The van der Waals surface area contributed by atoms with Crippen molar-refractivity contribution in [3.05, 3.63) is 38.4 Å². The summed E-state index contributed by atoms with van der Waals surface area (Å²) < 4.78 is 50.8. The van der Waals surface area contributed by atoms with E-state index in [2.05, 4.69) is 5.16 Å². The zero-order valence-electron chi connectivity index (χ0n) is 14.5. The van der Waals surface area contributed by atoms with E-state index in [1.807, 2.05) is 0 Å². The Balaban J connectivity index is 1.76. The number of aryl methyl sites for hydroxylation is 1. The van der Waals surface area contributed by atoms with E-state index in [-0.39, 0.29) is 37.5 Å². The number of thiophene rings is 1. The van der Waals surface area contributed by atoms with Crippen LogP contribution in [0.2, 0.25) is 4.34 Å². The number of carbonyl (C=O) groups is 2. The van der Waals surface area contributed by atoms with E-state index in [0.29, 0.717) is 20.5 Å². The highest BCUT2D eigenvalue weighted by Gasteiger charge is 2.53. The molecule has 1 spiro atoms. The molecule has 1 amide bonds. The number of alkyl halides is 3. The minimum Gasteiger partial charge on any atom is -0.361 e. The van der Waals surface area contributed by atoms with Gasteiger partial charge in [-0.2, -0.15) is 13.2 Å². The number of hydrogen-bond donors (Lipinski definition) is 0. The normalized spacial score (nSPS) is 25.2. The molecule has 2 aromatic heterocycles. The van der Waals surface area contributed by atoms with Gasteiger partial charge in [-0.05, 0) is 19.4 Å². The van der Waals surface area contributed by atoms with Gasteiger partial charge >= 0.3 is 12.1 Å². The zero-order chi connectivity index (χ0) is 20.3. The van der Waals surface area contributed by atoms with Gasteiger partial charge in [0.25, 0.3) is 0 Å². The third-order valence-corrected chi connectivity index (χ3v) is 6.48. The molecule has 2 aliphatic rings. The number of Topliss-reactive ketones (excluding diaryl/α,β-unsaturated/α-hetero) is 1. The minimum absolute atomic E-state index is 0.000571. The second-order valence-corrected chi connectivity index (χ2v) is 8.52. The summed E-state index contributed by atoms with van der Waals surface area (Å²) in [7, 11) is 0. The number of fused-ring (bicyclic) bond motifs is 2. The number of carbonyl (C=O) groups excluding carboxylic acids is 2. The van der Waals surface area contributed by atoms with Crippen LogP contribution in [0.25, 0.3) is 0 Å². The SMILES string of the molecule is Cc1cc(C2CC3(CCN2C(=O)C(F)(F)F)OCC(=O)c2cc(Cl)sc23)on1. The molecular weight excluding hydrogens is 421 g/mol. The molecule has 2 aliphatic heterocycles. The van der Waals surface area contributed by atoms with Crippen molar-refractivity contribution in [1.82, 2.24) is 10.1 Å². The van der Waals surface area contributed by atoms with Gasteiger partial charge in [0.1, 0.15) is 12.2 Å². The first-order valence-corrected chi connectivity index (χ1v) is 9.58. The molecule has 28 heavy (non-hydrogen) atoms. The molecular formula is C17H14ClF3N2O4S. The van der Waals surface area contributed by atoms with E-state index in [0.717, 1.165) is 16.2 Å². The number of amides is 1. The summed E-state index contributed by atoms with van der Waals surface area (Å²) in [4.78, 5) is 25.5. The van der Waals surface area contributed by atoms with Gasteiger partial charge in [-0.15, -0.1) is 11.3 Å². The minimum atomic E-state index is -5.02. The number of hydrogen-bond acceptors (Lipinski definition) is 6. The third-order valence-electron chi connectivity index (χ3n) is 5.03. The third kappa shape index (κ3) is 3.13. The highest BCUT2D eigenvalue weighted by atomic mass is 35.5. The van der Waals surface area contributed by atoms with Gasteiger partial charge in [0.15, 0.2) is 11.5 Å². The number of rotatable bonds is 1. The number of likely N-dealkylation sites (tertiary alicyclic amines) is 1. The van der Waals surface area contributed by atoms with Gasteiger partial charge in [-0.1, -0.05) is 16.8 Å². The predicted octanol–water partition coefficient (Wildman–Crippen LogP) is 4.03. The van der Waals surface area contributed by atoms with Gasteiger partial charge in [-0.3, -0.25) is 9.59 Å². The van der Waals surface area contributed by atoms with Crippen molar-refractivity contribution in [2.24, 2.45) is 0 Å². The maximum absolute atomic E-state index is 13.1. The van der Waals surface area contributed by atoms with Crippen LogP contribution in [0.5, 0.6) is 0 Å². The van der Waals surface area contributed by atoms with Gasteiger partial charge in [0.05, 0.1) is 16.1 Å². The lowest BCUT2D eigenvalue weighted by molar-refractivity contribution is -0.195. The summed E-state index contributed by atoms with van der Waals surface area (Å²) in [5.74, 6) is -2.04. The summed E-state index contributed by atoms with van der Waals surface area (Å²) in [5.41, 5.74) is -0.118. The highest BCUT2D eigenvalue weighted by Crippen LogP contribution is 2.51. The first-order valence-electron chi connectivity index (χ1n) is 8.39. The van der Waals surface area contributed by atoms with Gasteiger partial charge in [0.2, 0.25) is 0 Å². The summed E-state index contributed by atoms with van der Waals surface area (Å²) in [6.07, 6.45) is -4.91. The van der Waals surface area contributed by atoms with Crippen molar-refractivity contribution in [3.8, 4) is 0 Å². The summed E-state index contributed by atoms with van der Waals surface area (Å²) in [6, 6.07) is 2.01. The Morgan fingerprint density at radius 3 is 2.82 bits per heavy atom. The number of aromatic nitrogens is 1. The molecule has 6 nitrogen and oxygen atoms in total. The molecule has 0 saturated carbocycles. The Labute approximate surface area is 166 Å². The standard InChI is InChI=1S/C17H14ClF3N2O4S/c1-8-4-12(27-22-8)10-6-16(2-3-23(10)15(25)17(19,20)21)14-9(5-13(18)28-14)11(24)7-26-16/h4-5,10H,2-3,6-7H2,1H3. The summed E-state index contributed by atoms with van der Waals surface area (Å²) in [6.45, 7) is 1.22. The van der Waals surface area contributed by atoms with Crippen LogP contribution in [0.15, 0.2) is 16.7 Å². The number of nitrogens with zero attached hydrogens (tertiary/aromatic N) is 2. The van der Waals surface area contributed by atoms with Crippen molar-refractivity contribution in [2.75, 3.05) is 13.2 Å². The van der Waals surface area contributed by atoms with Crippen molar-refractivity contribution < 1.29 is 32.0 Å². The summed E-state index contributed by atoms with van der Waals surface area (Å²) >= 11 is 7.25. The van der Waals surface area contributed by atoms with Crippen molar-refractivity contribution in [1.29, 1.82) is 0 Å². The molecule has 0 aliphatic carbocycles. The number of ether oxygens (including phenoxy) is 1. The van der Waals surface area contributed by atoms with E-state index in [4.69, 9.17) is 20.9 Å². The van der Waals surface area contributed by atoms with Gasteiger partial charge in [0, 0.05) is 29.5 Å². The Kier molecular flexibility index (Phi) is 4.55. The molecule has 0 bridgehead atoms. The fourth-order valence-corrected chi connectivity index (χ4v) is 5.20. The van der Waals surface area contributed by atoms with Crippen molar-refractivity contribution in [2.45, 2.75) is 37.6 Å². The molecule has 4 rings (SSSR count). The second kappa shape index (κ2) is 6.57. The lowest BCUT2D eigenvalue weighted by Crippen LogP contribution is -2.53. The maximum Gasteiger partial charge on any atom is 0.471 e. The largest absolute Gasteiger partial charge is 0.471 e. The topological polar surface area (TPSA) is 72.6 Å². The zero-order valence-corrected chi connectivity index (χ0v) is 16.1. The second-order valence-electron chi connectivity index (χ2n) is 6.84. The predicted molar refractivity (Wildman–Crippen MR) is 92.3 cm³/mol. The van der Waals surface area contributed by atoms with E-state index < -0.39 is 23.7 Å². The molecule has 1 saturated heterocycles. The first kappa shape index (κ1) is 19.4. The van der Waals surface area contributed by atoms with Crippen molar-refractivity contribution in [3.63, 3.8) is 0 Å². The van der Waals surface area contributed by atoms with E-state index in [9.17, 15) is 22.8 Å². The van der Waals surface area contributed by atoms with E-state index in [1.54, 1.807) is 13.0 Å². The average Bonchev–Trinajstić information content (AvgIpc) is 3.24. The smallest absolute Gasteiger partial charge is 0.361 e. The van der Waals surface area contributed by atoms with Crippen LogP contribution in [0.4, 0.5) is 13.2 Å². The molecule has 0 radical (unpaired) electrons. The monoisotopic (exact) mass is 434 g/mol. The first-order chi connectivity index (χ1) is 13.1. The number of halogens is 4. The van der Waals surface area contributed by atoms with Crippen LogP contribution < -0.4 is 0 Å². The highest BCUT2D eigenvalue weighted by molar-refractivity contribution is 7.16. The molecule has 4 heterocycles. The lowest BCUT2D eigenvalue weighted by Gasteiger charge is -2.46. The fraction of sp³-hybridized carbons (Fsp3) is 0.471. The van der Waals surface area contributed by atoms with Crippen LogP contribution in [0.1, 0.15) is 45.6 Å². The average molecular weight is 435 g/mol. The molecule has 11 heteroatoms. The van der Waals surface area contributed by atoms with E-state index >= 15 is 0 Å². The quantitative estimate of drug-likeness (QED) is 0.677. The van der Waals surface area contributed by atoms with Crippen molar-refractivity contribution >= 4 is 34.6 Å². The fourth-order valence-electron chi connectivity index (χ4n) is 3.77. The molecule has 0 N–H and O–H groups in total. The maximum atomic E-state index is 13.1. The Hall–Kier alpha value is -1.91. The molecule has 150 valence electrons.